The van der Waals surface area contributed by atoms with Crippen LogP contribution in [0.4, 0.5) is 11.4 Å². The Kier molecular flexibility index (Phi) is 27.7. The van der Waals surface area contributed by atoms with Gasteiger partial charge >= 0.3 is 0 Å². The van der Waals surface area contributed by atoms with E-state index in [1.54, 1.807) is 0 Å². The van der Waals surface area contributed by atoms with Gasteiger partial charge in [-0.2, -0.15) is 0 Å². The highest BCUT2D eigenvalue weighted by molar-refractivity contribution is 5.88. The van der Waals surface area contributed by atoms with Crippen molar-refractivity contribution in [3.63, 3.8) is 0 Å². The molecule has 3 rings (SSSR count). The van der Waals surface area contributed by atoms with E-state index in [4.69, 9.17) is 9.98 Å². The molecule has 0 amide bonds. The molecule has 66 heavy (non-hydrogen) atoms. The summed E-state index contributed by atoms with van der Waals surface area (Å²) < 4.78 is 0. The van der Waals surface area contributed by atoms with Gasteiger partial charge in [-0.25, -0.2) is 0 Å². The first kappa shape index (κ1) is 57.3. The number of phenols is 2. The normalized spacial score (nSPS) is 16.0. The summed E-state index contributed by atoms with van der Waals surface area (Å²) in [5, 5.41) is 23.8. The van der Waals surface area contributed by atoms with Gasteiger partial charge in [-0.1, -0.05) is 210 Å². The number of nitrogens with zero attached hydrogens (tertiary/aromatic N) is 4. The Morgan fingerprint density at radius 2 is 0.712 bits per heavy atom. The Morgan fingerprint density at radius 3 is 0.985 bits per heavy atom. The van der Waals surface area contributed by atoms with E-state index in [1.165, 1.54) is 165 Å². The summed E-state index contributed by atoms with van der Waals surface area (Å²) in [5.74, 6) is 0.709. The van der Waals surface area contributed by atoms with Crippen molar-refractivity contribution in [1.82, 2.24) is 0 Å². The lowest BCUT2D eigenvalue weighted by molar-refractivity contribution is 0.390. The summed E-state index contributed by atoms with van der Waals surface area (Å²) in [6, 6.07) is 8.99. The number of aliphatic imine (C=N–C) groups is 2. The Hall–Kier alpha value is -3.02. The molecule has 0 aromatic heterocycles. The van der Waals surface area contributed by atoms with Crippen LogP contribution >= 0.6 is 0 Å². The molecule has 0 saturated heterocycles. The molecule has 0 radical (unpaired) electrons. The van der Waals surface area contributed by atoms with E-state index in [-0.39, 0.29) is 22.9 Å². The fourth-order valence-corrected chi connectivity index (χ4v) is 9.85. The van der Waals surface area contributed by atoms with Gasteiger partial charge in [-0.3, -0.25) is 9.98 Å². The molecule has 1 aliphatic rings. The topological polar surface area (TPSA) is 71.7 Å². The smallest absolute Gasteiger partial charge is 0.128 e. The first-order valence-electron chi connectivity index (χ1n) is 28.1. The van der Waals surface area contributed by atoms with Crippen molar-refractivity contribution >= 4 is 23.8 Å². The summed E-state index contributed by atoms with van der Waals surface area (Å²) in [7, 11) is 0. The maximum Gasteiger partial charge on any atom is 0.128 e. The van der Waals surface area contributed by atoms with E-state index < -0.39 is 0 Å². The number of anilines is 2. The summed E-state index contributed by atoms with van der Waals surface area (Å²) in [6.45, 7) is 26.6. The second kappa shape index (κ2) is 31.9. The summed E-state index contributed by atoms with van der Waals surface area (Å²) in [4.78, 5) is 15.8. The molecule has 1 aliphatic carbocycles. The minimum atomic E-state index is -0.215. The third-order valence-electron chi connectivity index (χ3n) is 14.2. The van der Waals surface area contributed by atoms with Gasteiger partial charge in [-0.05, 0) is 73.6 Å². The molecule has 0 aliphatic heterocycles. The number of rotatable bonds is 34. The molecule has 6 heteroatoms. The largest absolute Gasteiger partial charge is 0.507 e. The zero-order valence-electron chi connectivity index (χ0n) is 44.9. The fraction of sp³-hybridized carbons (Fsp3) is 0.767. The second-order valence-electron chi connectivity index (χ2n) is 22.4. The van der Waals surface area contributed by atoms with Crippen molar-refractivity contribution in [2.24, 2.45) is 9.98 Å². The molecule has 6 nitrogen and oxygen atoms in total. The monoisotopic (exact) mass is 913 g/mol. The molecule has 2 aromatic rings. The molecule has 0 unspecified atom stereocenters. The SMILES string of the molecule is CCCCCCCCN(CCCCCCCC)c1cc(C=N[C@@H]2CCCC[C@H]2N=Cc2cc(N(CCCCCCCC)CCCCCCCC)cc(C(C)(C)C)c2O)c(O)c(C(C)(C)C)c1. The number of aromatic hydroxyl groups is 2. The predicted molar refractivity (Wildman–Crippen MR) is 293 cm³/mol. The number of hydrogen-bond donors (Lipinski definition) is 2. The van der Waals surface area contributed by atoms with Crippen molar-refractivity contribution in [3.8, 4) is 11.5 Å². The third kappa shape index (κ3) is 21.1. The number of unbranched alkanes of at least 4 members (excludes halogenated alkanes) is 20. The summed E-state index contributed by atoms with van der Waals surface area (Å²) in [5.41, 5.74) is 5.61. The zero-order chi connectivity index (χ0) is 48.2. The average Bonchev–Trinajstić information content (AvgIpc) is 3.28. The molecule has 2 N–H and O–H groups in total. The Labute approximate surface area is 408 Å². The first-order chi connectivity index (χ1) is 31.7. The van der Waals surface area contributed by atoms with Gasteiger partial charge in [0.05, 0.1) is 12.1 Å². The van der Waals surface area contributed by atoms with Gasteiger partial charge in [-0.15, -0.1) is 0 Å². The Bertz CT molecular complexity index is 1500. The van der Waals surface area contributed by atoms with Crippen LogP contribution in [-0.2, 0) is 10.8 Å². The lowest BCUT2D eigenvalue weighted by Gasteiger charge is -2.30. The Morgan fingerprint density at radius 1 is 0.439 bits per heavy atom. The van der Waals surface area contributed by atoms with Crippen LogP contribution < -0.4 is 9.80 Å². The van der Waals surface area contributed by atoms with E-state index >= 15 is 0 Å². The minimum absolute atomic E-state index is 0.0165. The van der Waals surface area contributed by atoms with Gasteiger partial charge in [0, 0.05) is 72.2 Å². The lowest BCUT2D eigenvalue weighted by atomic mass is 9.84. The van der Waals surface area contributed by atoms with Crippen LogP contribution in [0.1, 0.15) is 271 Å². The van der Waals surface area contributed by atoms with Gasteiger partial charge in [0.2, 0.25) is 0 Å². The highest BCUT2D eigenvalue weighted by Gasteiger charge is 2.27. The van der Waals surface area contributed by atoms with Crippen LogP contribution in [0.5, 0.6) is 11.5 Å². The number of phenolic OH excluding ortho intramolecular Hbond substituents is 2. The number of hydrogen-bond acceptors (Lipinski definition) is 6. The fourth-order valence-electron chi connectivity index (χ4n) is 9.85. The van der Waals surface area contributed by atoms with Crippen LogP contribution in [0.3, 0.4) is 0 Å². The number of benzene rings is 2. The van der Waals surface area contributed by atoms with Gasteiger partial charge < -0.3 is 20.0 Å². The summed E-state index contributed by atoms with van der Waals surface area (Å²) >= 11 is 0. The lowest BCUT2D eigenvalue weighted by Crippen LogP contribution is -2.28. The Balaban J connectivity index is 1.95. The molecule has 376 valence electrons. The van der Waals surface area contributed by atoms with Crippen LogP contribution in [-0.4, -0.2) is 60.9 Å². The van der Waals surface area contributed by atoms with Crippen LogP contribution in [0.2, 0.25) is 0 Å². The standard InChI is InChI=1S/C60H104N4O2/c1-11-15-19-23-27-33-39-63(40-34-28-24-20-16-12-2)51-43-49(57(65)53(45-51)59(5,6)7)47-61-55-37-31-32-38-56(55)62-48-50-44-52(46-54(58(50)66)60(8,9)10)64(41-35-29-25-21-17-13-3)42-36-30-26-22-18-14-4/h43-48,55-56,65-66H,11-42H2,1-10H3/t55-,56-/m1/s1. The maximum absolute atomic E-state index is 11.9. The quantitative estimate of drug-likeness (QED) is 0.0542. The van der Waals surface area contributed by atoms with Crippen molar-refractivity contribution < 1.29 is 10.2 Å². The molecule has 2 aromatic carbocycles. The van der Waals surface area contributed by atoms with Crippen LogP contribution in [0.25, 0.3) is 0 Å². The molecule has 0 spiro atoms. The average molecular weight is 914 g/mol. The van der Waals surface area contributed by atoms with Crippen LogP contribution in [0, 0.1) is 0 Å². The van der Waals surface area contributed by atoms with E-state index in [9.17, 15) is 10.2 Å². The molecular weight excluding hydrogens is 809 g/mol. The van der Waals surface area contributed by atoms with Gasteiger partial charge in [0.15, 0.2) is 0 Å². The van der Waals surface area contributed by atoms with Crippen molar-refractivity contribution in [1.29, 1.82) is 0 Å². The third-order valence-corrected chi connectivity index (χ3v) is 14.2. The maximum atomic E-state index is 11.9. The van der Waals surface area contributed by atoms with Gasteiger partial charge in [0.25, 0.3) is 0 Å². The molecule has 2 atom stereocenters. The van der Waals surface area contributed by atoms with Gasteiger partial charge in [0.1, 0.15) is 11.5 Å². The molecular formula is C60H104N4O2. The highest BCUT2D eigenvalue weighted by Crippen LogP contribution is 2.39. The van der Waals surface area contributed by atoms with E-state index in [0.717, 1.165) is 74.1 Å². The van der Waals surface area contributed by atoms with E-state index in [0.29, 0.717) is 11.5 Å². The highest BCUT2D eigenvalue weighted by atomic mass is 16.3. The summed E-state index contributed by atoms with van der Waals surface area (Å²) in [6.07, 6.45) is 39.0. The molecule has 1 saturated carbocycles. The molecule has 1 fully saturated rings. The molecule has 0 heterocycles. The zero-order valence-corrected chi connectivity index (χ0v) is 44.9. The first-order valence-corrected chi connectivity index (χ1v) is 28.1. The van der Waals surface area contributed by atoms with Crippen molar-refractivity contribution in [2.75, 3.05) is 36.0 Å². The second-order valence-corrected chi connectivity index (χ2v) is 22.4. The van der Waals surface area contributed by atoms with E-state index in [1.807, 2.05) is 12.4 Å². The van der Waals surface area contributed by atoms with Crippen molar-refractivity contribution in [2.45, 2.75) is 272 Å². The van der Waals surface area contributed by atoms with Crippen molar-refractivity contribution in [3.05, 3.63) is 46.5 Å². The van der Waals surface area contributed by atoms with E-state index in [2.05, 4.69) is 103 Å². The minimum Gasteiger partial charge on any atom is -0.507 e. The predicted octanol–water partition coefficient (Wildman–Crippen LogP) is 17.6. The molecule has 0 bridgehead atoms. The van der Waals surface area contributed by atoms with Crippen LogP contribution in [0.15, 0.2) is 34.3 Å².